The highest BCUT2D eigenvalue weighted by Crippen LogP contribution is 2.35. The molecule has 19 heteroatoms. The number of carbonyl (C=O) groups is 1. The Morgan fingerprint density at radius 1 is 0.857 bits per heavy atom. The zero-order valence-electron chi connectivity index (χ0n) is 31.1. The van der Waals surface area contributed by atoms with E-state index in [0.717, 1.165) is 22.6 Å². The number of aromatic nitrogens is 2. The second-order valence-corrected chi connectivity index (χ2v) is 14.5. The highest BCUT2D eigenvalue weighted by atomic mass is 32.2. The fraction of sp³-hybridized carbons (Fsp3) is 0.378. The van der Waals surface area contributed by atoms with Crippen LogP contribution in [0.4, 0.5) is 33.5 Å². The van der Waals surface area contributed by atoms with E-state index in [4.69, 9.17) is 23.7 Å². The number of amides is 1. The number of hydrogen-bond donors (Lipinski definition) is 1. The van der Waals surface area contributed by atoms with E-state index in [2.05, 4.69) is 15.3 Å². The molecule has 0 unspecified atom stereocenters. The van der Waals surface area contributed by atoms with Gasteiger partial charge in [-0.3, -0.25) is 4.79 Å². The Hall–Kier alpha value is -5.43. The largest absolute Gasteiger partial charge is 0.497 e. The van der Waals surface area contributed by atoms with Gasteiger partial charge in [0.15, 0.2) is 11.6 Å². The number of hydrogen-bond acceptors (Lipinski definition) is 11. The first kappa shape index (κ1) is 41.7. The van der Waals surface area contributed by atoms with Crippen LogP contribution in [-0.4, -0.2) is 88.8 Å². The Kier molecular flexibility index (Phi) is 12.8. The lowest BCUT2D eigenvalue weighted by Crippen LogP contribution is -2.40. The number of sulfonamides is 1. The molecule has 0 aliphatic carbocycles. The lowest BCUT2D eigenvalue weighted by atomic mass is 10.1. The van der Waals surface area contributed by atoms with Crippen LogP contribution in [0.25, 0.3) is 0 Å². The summed E-state index contributed by atoms with van der Waals surface area (Å²) in [7, 11) is 1.32. The van der Waals surface area contributed by atoms with E-state index in [-0.39, 0.29) is 54.7 Å². The number of benzene rings is 2. The van der Waals surface area contributed by atoms with Crippen molar-refractivity contribution in [2.45, 2.75) is 50.0 Å². The summed E-state index contributed by atoms with van der Waals surface area (Å²) in [4.78, 5) is 23.7. The van der Waals surface area contributed by atoms with Gasteiger partial charge in [0.1, 0.15) is 34.6 Å². The zero-order chi connectivity index (χ0) is 40.8. The van der Waals surface area contributed by atoms with Crippen LogP contribution in [0.2, 0.25) is 0 Å². The van der Waals surface area contributed by atoms with Crippen LogP contribution in [0, 0.1) is 6.92 Å². The van der Waals surface area contributed by atoms with Gasteiger partial charge in [0.2, 0.25) is 0 Å². The molecule has 13 nitrogen and oxygen atoms in total. The van der Waals surface area contributed by atoms with Crippen LogP contribution < -0.4 is 33.9 Å². The van der Waals surface area contributed by atoms with E-state index in [1.165, 1.54) is 46.3 Å². The van der Waals surface area contributed by atoms with E-state index in [9.17, 15) is 35.2 Å². The minimum Gasteiger partial charge on any atom is -0.497 e. The maximum absolute atomic E-state index is 14.5. The molecular weight excluding hydrogens is 769 g/mol. The number of ether oxygens (including phenoxy) is 5. The smallest absolute Gasteiger partial charge is 0.422 e. The van der Waals surface area contributed by atoms with E-state index in [1.807, 2.05) is 0 Å². The summed E-state index contributed by atoms with van der Waals surface area (Å²) in [6, 6.07) is 13.3. The van der Waals surface area contributed by atoms with Gasteiger partial charge >= 0.3 is 6.18 Å². The predicted molar refractivity (Wildman–Crippen MR) is 195 cm³/mol. The van der Waals surface area contributed by atoms with Gasteiger partial charge in [-0.05, 0) is 31.2 Å². The van der Waals surface area contributed by atoms with Crippen LogP contribution in [0.1, 0.15) is 40.0 Å². The third kappa shape index (κ3) is 10.1. The number of pyridine rings is 2. The van der Waals surface area contributed by atoms with Crippen LogP contribution >= 0.6 is 0 Å². The van der Waals surface area contributed by atoms with Crippen molar-refractivity contribution in [3.05, 3.63) is 83.2 Å². The minimum absolute atomic E-state index is 0.00232. The number of rotatable bonds is 15. The quantitative estimate of drug-likeness (QED) is 0.129. The summed E-state index contributed by atoms with van der Waals surface area (Å²) < 4.78 is 124. The first-order chi connectivity index (χ1) is 26.5. The minimum atomic E-state index is -4.70. The first-order valence-electron chi connectivity index (χ1n) is 17.0. The fourth-order valence-electron chi connectivity index (χ4n) is 5.86. The Morgan fingerprint density at radius 3 is 1.95 bits per heavy atom. The molecule has 1 amide bonds. The normalized spacial score (nSPS) is 14.3. The maximum Gasteiger partial charge on any atom is 0.422 e. The van der Waals surface area contributed by atoms with Gasteiger partial charge in [-0.25, -0.2) is 27.2 Å². The fourth-order valence-corrected chi connectivity index (χ4v) is 7.22. The third-order valence-corrected chi connectivity index (χ3v) is 10.5. The second-order valence-electron chi connectivity index (χ2n) is 12.7. The number of methoxy groups -OCH3 is 4. The first-order valence-corrected chi connectivity index (χ1v) is 18.4. The van der Waals surface area contributed by atoms with Crippen LogP contribution in [0.15, 0.2) is 65.8 Å². The highest BCUT2D eigenvalue weighted by Gasteiger charge is 2.36. The summed E-state index contributed by atoms with van der Waals surface area (Å²) in [5.41, 5.74) is 0.623. The lowest BCUT2D eigenvalue weighted by Gasteiger charge is -2.33. The number of nitrogens with one attached hydrogen (secondary N) is 1. The molecule has 0 saturated carbocycles. The van der Waals surface area contributed by atoms with Crippen LogP contribution in [-0.2, 0) is 23.1 Å². The van der Waals surface area contributed by atoms with Crippen molar-refractivity contribution in [1.29, 1.82) is 0 Å². The zero-order valence-corrected chi connectivity index (χ0v) is 31.9. The van der Waals surface area contributed by atoms with Gasteiger partial charge in [-0.15, -0.1) is 0 Å². The SMILES string of the molecule is COc1ccc(CN(Cc2ccc(OC)cc2OC)S(=O)(=O)c2cc(NC(=O)c3cc(OCC(F)(F)F)c(C)nc3N3CCC(F)(F)CC3)ccn2)c(OC)c1. The summed E-state index contributed by atoms with van der Waals surface area (Å²) in [6.07, 6.45) is -4.61. The molecule has 0 atom stereocenters. The molecule has 56 heavy (non-hydrogen) atoms. The maximum atomic E-state index is 14.5. The van der Waals surface area contributed by atoms with Crippen molar-refractivity contribution in [3.63, 3.8) is 0 Å². The molecule has 0 bridgehead atoms. The standard InChI is InChI=1S/C37H40F5N5O8S/c1-23-30(55-22-37(40,41)42)19-29(34(44-23)46-14-11-36(38,39)12-15-46)35(48)45-26-10-13-43-33(16-26)56(49,50)47(20-24-6-8-27(51-2)17-31(24)53-4)21-25-7-9-28(52-3)18-32(25)54-5/h6-10,13,16-19H,11-12,14-15,20-22H2,1-5H3,(H,43,45,48). The highest BCUT2D eigenvalue weighted by molar-refractivity contribution is 7.89. The van der Waals surface area contributed by atoms with E-state index in [0.29, 0.717) is 34.1 Å². The number of nitrogens with zero attached hydrogens (tertiary/aromatic N) is 4. The van der Waals surface area contributed by atoms with Crippen molar-refractivity contribution in [1.82, 2.24) is 14.3 Å². The molecular formula is C37H40F5N5O8S. The second kappa shape index (κ2) is 17.2. The van der Waals surface area contributed by atoms with E-state index in [1.54, 1.807) is 36.4 Å². The predicted octanol–water partition coefficient (Wildman–Crippen LogP) is 6.64. The molecule has 1 fully saturated rings. The van der Waals surface area contributed by atoms with Crippen molar-refractivity contribution < 1.29 is 58.8 Å². The van der Waals surface area contributed by atoms with Gasteiger partial charge in [0, 0.05) is 80.2 Å². The Bertz CT molecular complexity index is 2090. The molecule has 3 heterocycles. The molecule has 0 radical (unpaired) electrons. The molecule has 1 saturated heterocycles. The Balaban J connectivity index is 1.51. The lowest BCUT2D eigenvalue weighted by molar-refractivity contribution is -0.153. The van der Waals surface area contributed by atoms with Crippen molar-refractivity contribution >= 4 is 27.4 Å². The average Bonchev–Trinajstić information content (AvgIpc) is 3.16. The summed E-state index contributed by atoms with van der Waals surface area (Å²) in [6.45, 7) is -1.10. The van der Waals surface area contributed by atoms with Gasteiger partial charge in [-0.1, -0.05) is 12.1 Å². The summed E-state index contributed by atoms with van der Waals surface area (Å²) in [5.74, 6) is -2.61. The number of anilines is 2. The van der Waals surface area contributed by atoms with E-state index < -0.39 is 52.5 Å². The molecule has 5 rings (SSSR count). The topological polar surface area (TPSA) is 142 Å². The summed E-state index contributed by atoms with van der Waals surface area (Å²) >= 11 is 0. The Morgan fingerprint density at radius 2 is 1.43 bits per heavy atom. The number of piperidine rings is 1. The molecule has 1 aliphatic rings. The number of alkyl halides is 5. The third-order valence-electron chi connectivity index (χ3n) is 8.86. The van der Waals surface area contributed by atoms with Crippen molar-refractivity contribution in [3.8, 4) is 28.7 Å². The van der Waals surface area contributed by atoms with Gasteiger partial charge < -0.3 is 33.9 Å². The monoisotopic (exact) mass is 809 g/mol. The molecule has 302 valence electrons. The van der Waals surface area contributed by atoms with Crippen LogP contribution in [0.3, 0.4) is 0 Å². The average molecular weight is 810 g/mol. The number of carbonyl (C=O) groups excluding carboxylic acids is 1. The summed E-state index contributed by atoms with van der Waals surface area (Å²) in [5, 5.41) is 2.10. The molecule has 1 N–H and O–H groups in total. The number of halogens is 5. The van der Waals surface area contributed by atoms with Gasteiger partial charge in [0.05, 0.1) is 39.7 Å². The van der Waals surface area contributed by atoms with Gasteiger partial charge in [0.25, 0.3) is 21.9 Å². The number of aryl methyl sites for hydroxylation is 1. The molecule has 0 spiro atoms. The van der Waals surface area contributed by atoms with E-state index >= 15 is 0 Å². The molecule has 2 aromatic heterocycles. The van der Waals surface area contributed by atoms with Gasteiger partial charge in [-0.2, -0.15) is 17.5 Å². The molecule has 4 aromatic rings. The molecule has 2 aromatic carbocycles. The Labute approximate surface area is 320 Å². The van der Waals surface area contributed by atoms with Crippen molar-refractivity contribution in [2.24, 2.45) is 0 Å². The van der Waals surface area contributed by atoms with Crippen molar-refractivity contribution in [2.75, 3.05) is 58.4 Å². The van der Waals surface area contributed by atoms with Crippen LogP contribution in [0.5, 0.6) is 28.7 Å². The molecule has 1 aliphatic heterocycles.